The van der Waals surface area contributed by atoms with E-state index in [1.54, 1.807) is 11.8 Å². The van der Waals surface area contributed by atoms with Gasteiger partial charge < -0.3 is 19.8 Å². The van der Waals surface area contributed by atoms with E-state index in [4.69, 9.17) is 9.47 Å². The summed E-state index contributed by atoms with van der Waals surface area (Å²) < 4.78 is 11.9. The first kappa shape index (κ1) is 27.2. The number of nitrogens with one attached hydrogen (secondary N) is 2. The molecular formula is C27H38N6O3S. The summed E-state index contributed by atoms with van der Waals surface area (Å²) in [6.07, 6.45) is -0.114. The number of amides is 1. The summed E-state index contributed by atoms with van der Waals surface area (Å²) in [6, 6.07) is 9.93. The molecule has 3 aromatic rings. The number of carbonyl (C=O) groups is 1. The molecule has 0 atom stereocenters. The zero-order valence-corrected chi connectivity index (χ0v) is 23.2. The molecule has 0 aliphatic carbocycles. The van der Waals surface area contributed by atoms with Gasteiger partial charge in [0.15, 0.2) is 10.9 Å². The number of pyridine rings is 1. The highest BCUT2D eigenvalue weighted by atomic mass is 32.2. The maximum absolute atomic E-state index is 13.0. The van der Waals surface area contributed by atoms with Crippen molar-refractivity contribution < 1.29 is 14.3 Å². The van der Waals surface area contributed by atoms with E-state index in [0.717, 1.165) is 60.4 Å². The number of aryl methyl sites for hydroxylation is 1. The topological polar surface area (TPSA) is 95.6 Å². The number of nitrogens with zero attached hydrogens (tertiary/aromatic N) is 4. The molecule has 1 saturated heterocycles. The number of hydrogen-bond acceptors (Lipinski definition) is 8. The van der Waals surface area contributed by atoms with E-state index < -0.39 is 0 Å². The van der Waals surface area contributed by atoms with Gasteiger partial charge in [0, 0.05) is 50.2 Å². The average molecular weight is 527 g/mol. The van der Waals surface area contributed by atoms with Gasteiger partial charge in [-0.1, -0.05) is 23.9 Å². The Bertz CT molecular complexity index is 1130. The molecule has 37 heavy (non-hydrogen) atoms. The number of thioether (sulfide) groups is 1. The van der Waals surface area contributed by atoms with Crippen LogP contribution in [0.25, 0.3) is 11.0 Å². The third kappa shape index (κ3) is 7.83. The van der Waals surface area contributed by atoms with Gasteiger partial charge in [0.25, 0.3) is 0 Å². The minimum atomic E-state index is -0.0956. The molecule has 0 bridgehead atoms. The Morgan fingerprint density at radius 2 is 1.76 bits per heavy atom. The van der Waals surface area contributed by atoms with E-state index in [0.29, 0.717) is 23.9 Å². The number of carbonyl (C=O) groups excluding carboxylic acids is 1. The summed E-state index contributed by atoms with van der Waals surface area (Å²) in [5, 5.41) is 3.98. The smallest absolute Gasteiger partial charge is 0.242 e. The molecule has 0 radical (unpaired) electrons. The summed E-state index contributed by atoms with van der Waals surface area (Å²) in [5.41, 5.74) is 3.35. The second-order valence-corrected chi connectivity index (χ2v) is 10.9. The molecule has 1 amide bonds. The predicted octanol–water partition coefficient (Wildman–Crippen LogP) is 4.19. The van der Waals surface area contributed by atoms with Crippen LogP contribution in [0.1, 0.15) is 33.4 Å². The highest BCUT2D eigenvalue weighted by molar-refractivity contribution is 7.99. The number of aromatic amines is 1. The fourth-order valence-corrected chi connectivity index (χ4v) is 5.10. The molecule has 9 nitrogen and oxygen atoms in total. The summed E-state index contributed by atoms with van der Waals surface area (Å²) >= 11 is 1.75. The van der Waals surface area contributed by atoms with Crippen LogP contribution in [-0.4, -0.2) is 87.9 Å². The number of ether oxygens (including phenoxy) is 2. The molecular weight excluding hydrogens is 488 g/mol. The van der Waals surface area contributed by atoms with Crippen molar-refractivity contribution in [3.05, 3.63) is 36.0 Å². The van der Waals surface area contributed by atoms with Gasteiger partial charge in [-0.05, 0) is 46.8 Å². The molecule has 3 heterocycles. The minimum absolute atomic E-state index is 0.0394. The fraction of sp³-hybridized carbons (Fsp3) is 0.519. The number of hydrogen-bond donors (Lipinski definition) is 2. The van der Waals surface area contributed by atoms with Gasteiger partial charge in [0.05, 0.1) is 29.8 Å². The van der Waals surface area contributed by atoms with E-state index in [1.165, 1.54) is 0 Å². The number of imidazole rings is 1. The number of para-hydroxylation sites is 2. The molecule has 0 unspecified atom stereocenters. The molecule has 0 spiro atoms. The Morgan fingerprint density at radius 1 is 1.05 bits per heavy atom. The van der Waals surface area contributed by atoms with Crippen LogP contribution in [0.3, 0.4) is 0 Å². The third-order valence-corrected chi connectivity index (χ3v) is 6.75. The first-order valence-electron chi connectivity index (χ1n) is 12.9. The lowest BCUT2D eigenvalue weighted by Gasteiger charge is -2.34. The number of fused-ring (bicyclic) bond motifs is 1. The van der Waals surface area contributed by atoms with Crippen LogP contribution in [0.2, 0.25) is 0 Å². The Labute approximate surface area is 223 Å². The quantitative estimate of drug-likeness (QED) is 0.359. The van der Waals surface area contributed by atoms with Crippen molar-refractivity contribution in [2.45, 2.75) is 52.0 Å². The molecule has 200 valence electrons. The van der Waals surface area contributed by atoms with Crippen LogP contribution < -0.4 is 14.8 Å². The van der Waals surface area contributed by atoms with Crippen LogP contribution in [0.15, 0.2) is 35.5 Å². The highest BCUT2D eigenvalue weighted by Crippen LogP contribution is 2.35. The summed E-state index contributed by atoms with van der Waals surface area (Å²) in [6.45, 7) is 14.5. The van der Waals surface area contributed by atoms with Crippen molar-refractivity contribution in [2.75, 3.05) is 50.3 Å². The van der Waals surface area contributed by atoms with Gasteiger partial charge in [-0.25, -0.2) is 9.97 Å². The largest absolute Gasteiger partial charge is 0.489 e. The second-order valence-electron chi connectivity index (χ2n) is 9.85. The number of benzene rings is 1. The zero-order chi connectivity index (χ0) is 26.4. The molecule has 1 fully saturated rings. The van der Waals surface area contributed by atoms with Crippen molar-refractivity contribution in [3.8, 4) is 11.6 Å². The highest BCUT2D eigenvalue weighted by Gasteiger charge is 2.22. The maximum Gasteiger partial charge on any atom is 0.242 e. The fourth-order valence-electron chi connectivity index (χ4n) is 4.21. The van der Waals surface area contributed by atoms with Gasteiger partial charge >= 0.3 is 0 Å². The number of rotatable bonds is 11. The Balaban J connectivity index is 1.26. The van der Waals surface area contributed by atoms with E-state index in [1.807, 2.05) is 65.0 Å². The first-order valence-corrected chi connectivity index (χ1v) is 13.9. The Hall–Kier alpha value is -2.82. The van der Waals surface area contributed by atoms with E-state index in [2.05, 4.69) is 30.1 Å². The molecule has 10 heteroatoms. The molecule has 0 saturated carbocycles. The first-order chi connectivity index (χ1) is 17.8. The minimum Gasteiger partial charge on any atom is -0.489 e. The number of piperazine rings is 1. The van der Waals surface area contributed by atoms with Crippen LogP contribution in [0.4, 0.5) is 5.69 Å². The van der Waals surface area contributed by atoms with Crippen molar-refractivity contribution in [3.63, 3.8) is 0 Å². The SMILES string of the molecule is Cc1cc(OC(C)C)c(NC(=O)CN2CCN(CCSc3nc4ccccc4[nH]3)CC2)c(OC(C)C)n1. The van der Waals surface area contributed by atoms with Crippen LogP contribution in [-0.2, 0) is 4.79 Å². The summed E-state index contributed by atoms with van der Waals surface area (Å²) in [4.78, 5) is 30.2. The van der Waals surface area contributed by atoms with Crippen molar-refractivity contribution in [1.82, 2.24) is 24.8 Å². The molecule has 2 aromatic heterocycles. The molecule has 1 aliphatic heterocycles. The van der Waals surface area contributed by atoms with E-state index in [9.17, 15) is 4.79 Å². The normalized spacial score (nSPS) is 15.0. The number of anilines is 1. The lowest BCUT2D eigenvalue weighted by atomic mass is 10.2. The van der Waals surface area contributed by atoms with E-state index >= 15 is 0 Å². The lowest BCUT2D eigenvalue weighted by molar-refractivity contribution is -0.117. The molecule has 2 N–H and O–H groups in total. The average Bonchev–Trinajstić information content (AvgIpc) is 3.24. The number of H-pyrrole nitrogens is 1. The van der Waals surface area contributed by atoms with Gasteiger partial charge in [0.1, 0.15) is 5.69 Å². The van der Waals surface area contributed by atoms with Gasteiger partial charge in [-0.15, -0.1) is 0 Å². The van der Waals surface area contributed by atoms with E-state index in [-0.39, 0.29) is 18.1 Å². The third-order valence-electron chi connectivity index (χ3n) is 5.90. The Morgan fingerprint density at radius 3 is 2.46 bits per heavy atom. The van der Waals surface area contributed by atoms with Gasteiger partial charge in [0.2, 0.25) is 11.8 Å². The molecule has 1 aliphatic rings. The number of aromatic nitrogens is 3. The van der Waals surface area contributed by atoms with Crippen LogP contribution in [0.5, 0.6) is 11.6 Å². The van der Waals surface area contributed by atoms with Crippen molar-refractivity contribution in [2.24, 2.45) is 0 Å². The second kappa shape index (κ2) is 12.6. The maximum atomic E-state index is 13.0. The Kier molecular flexibility index (Phi) is 9.28. The van der Waals surface area contributed by atoms with Gasteiger partial charge in [-0.2, -0.15) is 0 Å². The van der Waals surface area contributed by atoms with Crippen LogP contribution >= 0.6 is 11.8 Å². The van der Waals surface area contributed by atoms with Crippen LogP contribution in [0, 0.1) is 6.92 Å². The molecule has 4 rings (SSSR count). The van der Waals surface area contributed by atoms with Crippen molar-refractivity contribution in [1.29, 1.82) is 0 Å². The lowest BCUT2D eigenvalue weighted by Crippen LogP contribution is -2.49. The van der Waals surface area contributed by atoms with Gasteiger partial charge in [-0.3, -0.25) is 14.6 Å². The monoisotopic (exact) mass is 526 g/mol. The predicted molar refractivity (Wildman–Crippen MR) is 149 cm³/mol. The zero-order valence-electron chi connectivity index (χ0n) is 22.4. The summed E-state index contributed by atoms with van der Waals surface area (Å²) in [7, 11) is 0. The summed E-state index contributed by atoms with van der Waals surface area (Å²) in [5.74, 6) is 1.85. The molecule has 1 aromatic carbocycles. The standard InChI is InChI=1S/C27H38N6O3S/c1-18(2)35-23-16-20(5)28-26(36-19(3)4)25(23)31-24(34)17-33-12-10-32(11-13-33)14-15-37-27-29-21-8-6-7-9-22(21)30-27/h6-9,16,18-19H,10-15,17H2,1-5H3,(H,29,30)(H,31,34). The van der Waals surface area contributed by atoms with Crippen molar-refractivity contribution >= 4 is 34.4 Å².